The Bertz CT molecular complexity index is 409. The zero-order valence-corrected chi connectivity index (χ0v) is 10.3. The van der Waals surface area contributed by atoms with E-state index in [0.717, 1.165) is 13.1 Å². The van der Waals surface area contributed by atoms with Crippen molar-refractivity contribution in [3.05, 3.63) is 23.9 Å². The molecular formula is C13H18N3O. The summed E-state index contributed by atoms with van der Waals surface area (Å²) < 4.78 is 0. The quantitative estimate of drug-likeness (QED) is 0.783. The summed E-state index contributed by atoms with van der Waals surface area (Å²) in [7, 11) is 0. The van der Waals surface area contributed by atoms with Gasteiger partial charge in [-0.1, -0.05) is 13.8 Å². The van der Waals surface area contributed by atoms with Crippen molar-refractivity contribution in [1.82, 2.24) is 10.7 Å². The third kappa shape index (κ3) is 2.57. The summed E-state index contributed by atoms with van der Waals surface area (Å²) in [4.78, 5) is 17.7. The Balaban J connectivity index is 2.30. The van der Waals surface area contributed by atoms with Crippen LogP contribution in [-0.2, 0) is 0 Å². The Morgan fingerprint density at radius 2 is 2.06 bits per heavy atom. The van der Waals surface area contributed by atoms with Gasteiger partial charge in [0.05, 0.1) is 5.56 Å². The van der Waals surface area contributed by atoms with Gasteiger partial charge in [0.1, 0.15) is 5.82 Å². The second-order valence-corrected chi connectivity index (χ2v) is 5.05. The predicted molar refractivity (Wildman–Crippen MR) is 66.8 cm³/mol. The molecule has 1 aromatic rings. The number of rotatable bonds is 2. The van der Waals surface area contributed by atoms with Crippen molar-refractivity contribution in [2.24, 2.45) is 11.8 Å². The number of piperidine rings is 1. The van der Waals surface area contributed by atoms with E-state index in [1.165, 1.54) is 6.42 Å². The molecule has 2 unspecified atom stereocenters. The van der Waals surface area contributed by atoms with E-state index in [-0.39, 0.29) is 0 Å². The van der Waals surface area contributed by atoms with Crippen LogP contribution in [0.4, 0.5) is 5.82 Å². The molecule has 2 heterocycles. The highest BCUT2D eigenvalue weighted by molar-refractivity contribution is 5.97. The Labute approximate surface area is 102 Å². The average molecular weight is 232 g/mol. The maximum atomic E-state index is 11.3. The molecule has 1 amide bonds. The van der Waals surface area contributed by atoms with E-state index in [2.05, 4.69) is 23.7 Å². The first-order valence-electron chi connectivity index (χ1n) is 6.04. The second kappa shape index (κ2) is 4.73. The molecule has 1 radical (unpaired) electrons. The van der Waals surface area contributed by atoms with Crippen LogP contribution in [0.15, 0.2) is 18.3 Å². The molecule has 1 saturated heterocycles. The lowest BCUT2D eigenvalue weighted by atomic mass is 9.91. The van der Waals surface area contributed by atoms with E-state index in [9.17, 15) is 4.79 Å². The third-order valence-corrected chi connectivity index (χ3v) is 3.20. The fourth-order valence-electron chi connectivity index (χ4n) is 2.66. The van der Waals surface area contributed by atoms with E-state index < -0.39 is 5.91 Å². The van der Waals surface area contributed by atoms with Crippen molar-refractivity contribution < 1.29 is 4.79 Å². The van der Waals surface area contributed by atoms with E-state index in [1.807, 2.05) is 0 Å². The summed E-state index contributed by atoms with van der Waals surface area (Å²) in [6, 6.07) is 3.39. The molecule has 1 N–H and O–H groups in total. The first kappa shape index (κ1) is 11.9. The van der Waals surface area contributed by atoms with Gasteiger partial charge in [-0.15, -0.1) is 0 Å². The summed E-state index contributed by atoms with van der Waals surface area (Å²) in [5.41, 5.74) is 7.68. The van der Waals surface area contributed by atoms with Crippen molar-refractivity contribution in [1.29, 1.82) is 0 Å². The second-order valence-electron chi connectivity index (χ2n) is 5.05. The lowest BCUT2D eigenvalue weighted by molar-refractivity contribution is 0.0992. The van der Waals surface area contributed by atoms with Crippen LogP contribution < -0.4 is 10.6 Å². The van der Waals surface area contributed by atoms with E-state index in [0.29, 0.717) is 23.2 Å². The van der Waals surface area contributed by atoms with Gasteiger partial charge in [-0.2, -0.15) is 0 Å². The predicted octanol–water partition coefficient (Wildman–Crippen LogP) is 1.99. The van der Waals surface area contributed by atoms with E-state index in [1.54, 1.807) is 18.3 Å². The molecule has 0 aliphatic carbocycles. The number of aromatic nitrogens is 1. The minimum Gasteiger partial charge on any atom is -0.355 e. The first-order chi connectivity index (χ1) is 8.08. The van der Waals surface area contributed by atoms with Gasteiger partial charge in [-0.3, -0.25) is 10.5 Å². The van der Waals surface area contributed by atoms with Gasteiger partial charge in [-0.25, -0.2) is 4.98 Å². The van der Waals surface area contributed by atoms with Gasteiger partial charge in [0.25, 0.3) is 5.91 Å². The van der Waals surface area contributed by atoms with Crippen LogP contribution in [0.2, 0.25) is 0 Å². The molecule has 0 bridgehead atoms. The van der Waals surface area contributed by atoms with Crippen molar-refractivity contribution >= 4 is 11.7 Å². The first-order valence-corrected chi connectivity index (χ1v) is 6.04. The van der Waals surface area contributed by atoms with Crippen LogP contribution in [0.1, 0.15) is 30.6 Å². The third-order valence-electron chi connectivity index (χ3n) is 3.20. The Morgan fingerprint density at radius 3 is 2.65 bits per heavy atom. The molecule has 17 heavy (non-hydrogen) atoms. The molecule has 1 aliphatic heterocycles. The number of carbonyl (C=O) groups excluding carboxylic acids is 1. The highest BCUT2D eigenvalue weighted by Gasteiger charge is 2.25. The smallest absolute Gasteiger partial charge is 0.273 e. The molecule has 1 aromatic heterocycles. The minimum absolute atomic E-state index is 0.411. The van der Waals surface area contributed by atoms with Gasteiger partial charge in [0, 0.05) is 19.3 Å². The van der Waals surface area contributed by atoms with Crippen LogP contribution >= 0.6 is 0 Å². The van der Waals surface area contributed by atoms with Crippen LogP contribution in [0.5, 0.6) is 0 Å². The molecule has 2 rings (SSSR count). The number of hydrogen-bond donors (Lipinski definition) is 0. The van der Waals surface area contributed by atoms with Gasteiger partial charge in [0.15, 0.2) is 0 Å². The topological polar surface area (TPSA) is 57.0 Å². The lowest BCUT2D eigenvalue weighted by Crippen LogP contribution is -2.40. The highest BCUT2D eigenvalue weighted by Crippen LogP contribution is 2.26. The van der Waals surface area contributed by atoms with Gasteiger partial charge in [-0.05, 0) is 30.4 Å². The molecule has 1 aliphatic rings. The molecule has 1 fully saturated rings. The number of amides is 1. The largest absolute Gasteiger partial charge is 0.355 e. The Hall–Kier alpha value is -1.58. The normalized spacial score (nSPS) is 24.7. The SMILES string of the molecule is CC1CC(C)CN(c2ncccc2C([NH])=O)C1. The van der Waals surface area contributed by atoms with E-state index in [4.69, 9.17) is 5.73 Å². The van der Waals surface area contributed by atoms with Crippen molar-refractivity contribution in [2.75, 3.05) is 18.0 Å². The molecule has 91 valence electrons. The summed E-state index contributed by atoms with van der Waals surface area (Å²) >= 11 is 0. The molecule has 0 spiro atoms. The summed E-state index contributed by atoms with van der Waals surface area (Å²) in [6.07, 6.45) is 2.90. The molecule has 4 heteroatoms. The average Bonchev–Trinajstić information content (AvgIpc) is 2.27. The Kier molecular flexibility index (Phi) is 3.31. The van der Waals surface area contributed by atoms with Gasteiger partial charge < -0.3 is 4.90 Å². The van der Waals surface area contributed by atoms with Crippen molar-refractivity contribution in [3.8, 4) is 0 Å². The van der Waals surface area contributed by atoms with Crippen LogP contribution in [-0.4, -0.2) is 24.0 Å². The number of hydrogen-bond acceptors (Lipinski definition) is 3. The standard InChI is InChI=1S/C13H18N3O/c1-9-6-10(2)8-16(7-9)13-11(12(14)17)4-3-5-15-13/h3-5,9-10,14H,6-8H2,1-2H3. The van der Waals surface area contributed by atoms with Crippen molar-refractivity contribution in [3.63, 3.8) is 0 Å². The number of anilines is 1. The zero-order chi connectivity index (χ0) is 12.4. The fraction of sp³-hybridized carbons (Fsp3) is 0.538. The maximum Gasteiger partial charge on any atom is 0.273 e. The van der Waals surface area contributed by atoms with Gasteiger partial charge >= 0.3 is 0 Å². The van der Waals surface area contributed by atoms with Crippen LogP contribution in [0.3, 0.4) is 0 Å². The van der Waals surface area contributed by atoms with Crippen LogP contribution in [0.25, 0.3) is 0 Å². The van der Waals surface area contributed by atoms with Gasteiger partial charge in [0.2, 0.25) is 0 Å². The zero-order valence-electron chi connectivity index (χ0n) is 10.3. The number of nitrogens with one attached hydrogen (secondary N) is 1. The fourth-order valence-corrected chi connectivity index (χ4v) is 2.66. The minimum atomic E-state index is -0.654. The monoisotopic (exact) mass is 232 g/mol. The summed E-state index contributed by atoms with van der Waals surface area (Å²) in [6.45, 7) is 6.27. The Morgan fingerprint density at radius 1 is 1.41 bits per heavy atom. The van der Waals surface area contributed by atoms with Crippen molar-refractivity contribution in [2.45, 2.75) is 20.3 Å². The molecule has 0 saturated carbocycles. The molecule has 0 aromatic carbocycles. The summed E-state index contributed by atoms with van der Waals surface area (Å²) in [5.74, 6) is 1.23. The molecule has 2 atom stereocenters. The summed E-state index contributed by atoms with van der Waals surface area (Å²) in [5, 5.41) is 0. The number of pyridine rings is 1. The lowest BCUT2D eigenvalue weighted by Gasteiger charge is -2.36. The number of nitrogens with zero attached hydrogens (tertiary/aromatic N) is 2. The number of carbonyl (C=O) groups is 1. The van der Waals surface area contributed by atoms with E-state index >= 15 is 0 Å². The van der Waals surface area contributed by atoms with Crippen LogP contribution in [0, 0.1) is 11.8 Å². The molecular weight excluding hydrogens is 214 g/mol. The maximum absolute atomic E-state index is 11.3. The molecule has 4 nitrogen and oxygen atoms in total. The highest BCUT2D eigenvalue weighted by atomic mass is 16.1.